The van der Waals surface area contributed by atoms with Crippen molar-refractivity contribution < 1.29 is 0 Å². The van der Waals surface area contributed by atoms with Crippen LogP contribution < -0.4 is 5.32 Å². The SMILES string of the molecule is CCNc1ccccc1CCC1CCC(CC)CN1C. The van der Waals surface area contributed by atoms with Gasteiger partial charge in [-0.2, -0.15) is 0 Å². The Bertz CT molecular complexity index is 402. The van der Waals surface area contributed by atoms with E-state index in [4.69, 9.17) is 0 Å². The number of piperidine rings is 1. The lowest BCUT2D eigenvalue weighted by atomic mass is 9.88. The number of benzene rings is 1. The second-order valence-electron chi connectivity index (χ2n) is 6.17. The van der Waals surface area contributed by atoms with Crippen LogP contribution in [0, 0.1) is 5.92 Å². The Balaban J connectivity index is 1.89. The van der Waals surface area contributed by atoms with Crippen molar-refractivity contribution in [1.29, 1.82) is 0 Å². The Kier molecular flexibility index (Phi) is 5.90. The summed E-state index contributed by atoms with van der Waals surface area (Å²) < 4.78 is 0. The van der Waals surface area contributed by atoms with Crippen molar-refractivity contribution in [1.82, 2.24) is 4.90 Å². The second kappa shape index (κ2) is 7.68. The van der Waals surface area contributed by atoms with Gasteiger partial charge in [-0.15, -0.1) is 0 Å². The Hall–Kier alpha value is -1.02. The van der Waals surface area contributed by atoms with Crippen LogP contribution in [0.5, 0.6) is 0 Å². The zero-order valence-electron chi connectivity index (χ0n) is 13.4. The summed E-state index contributed by atoms with van der Waals surface area (Å²) in [5.41, 5.74) is 2.79. The van der Waals surface area contributed by atoms with E-state index in [0.717, 1.165) is 18.5 Å². The lowest BCUT2D eigenvalue weighted by molar-refractivity contribution is 0.129. The molecule has 112 valence electrons. The first-order valence-electron chi connectivity index (χ1n) is 8.26. The molecule has 0 aliphatic carbocycles. The van der Waals surface area contributed by atoms with Gasteiger partial charge in [0.25, 0.3) is 0 Å². The van der Waals surface area contributed by atoms with Crippen molar-refractivity contribution >= 4 is 5.69 Å². The standard InChI is InChI=1S/C18H30N2/c1-4-15-10-12-17(20(3)14-15)13-11-16-8-6-7-9-18(16)19-5-2/h6-9,15,17,19H,4-5,10-14H2,1-3H3. The molecular weight excluding hydrogens is 244 g/mol. The molecule has 0 amide bonds. The van der Waals surface area contributed by atoms with Gasteiger partial charge < -0.3 is 10.2 Å². The molecule has 0 spiro atoms. The fourth-order valence-electron chi connectivity index (χ4n) is 3.42. The summed E-state index contributed by atoms with van der Waals surface area (Å²) >= 11 is 0. The predicted octanol–water partition coefficient (Wildman–Crippen LogP) is 4.17. The fourth-order valence-corrected chi connectivity index (χ4v) is 3.42. The van der Waals surface area contributed by atoms with Crippen LogP contribution in [-0.2, 0) is 6.42 Å². The van der Waals surface area contributed by atoms with Gasteiger partial charge in [-0.1, -0.05) is 31.5 Å². The summed E-state index contributed by atoms with van der Waals surface area (Å²) in [7, 11) is 2.31. The van der Waals surface area contributed by atoms with E-state index in [-0.39, 0.29) is 0 Å². The summed E-state index contributed by atoms with van der Waals surface area (Å²) in [4.78, 5) is 2.59. The van der Waals surface area contributed by atoms with Crippen LogP contribution in [0.3, 0.4) is 0 Å². The van der Waals surface area contributed by atoms with Crippen molar-refractivity contribution in [2.45, 2.75) is 52.0 Å². The van der Waals surface area contributed by atoms with Crippen LogP contribution >= 0.6 is 0 Å². The molecule has 1 aromatic carbocycles. The number of aryl methyl sites for hydroxylation is 1. The molecular formula is C18H30N2. The molecule has 2 heteroatoms. The van der Waals surface area contributed by atoms with E-state index in [2.05, 4.69) is 55.4 Å². The largest absolute Gasteiger partial charge is 0.385 e. The average molecular weight is 274 g/mol. The van der Waals surface area contributed by atoms with Crippen LogP contribution in [-0.4, -0.2) is 31.1 Å². The van der Waals surface area contributed by atoms with Crippen molar-refractivity contribution in [3.8, 4) is 0 Å². The minimum atomic E-state index is 0.771. The maximum absolute atomic E-state index is 3.48. The van der Waals surface area contributed by atoms with Crippen LogP contribution in [0.25, 0.3) is 0 Å². The van der Waals surface area contributed by atoms with Crippen LogP contribution in [0.2, 0.25) is 0 Å². The molecule has 0 radical (unpaired) electrons. The van der Waals surface area contributed by atoms with Gasteiger partial charge in [-0.3, -0.25) is 0 Å². The summed E-state index contributed by atoms with van der Waals surface area (Å²) in [6.45, 7) is 6.77. The predicted molar refractivity (Wildman–Crippen MR) is 88.4 cm³/mol. The Morgan fingerprint density at radius 1 is 1.20 bits per heavy atom. The van der Waals surface area contributed by atoms with Gasteiger partial charge in [-0.05, 0) is 57.2 Å². The van der Waals surface area contributed by atoms with Gasteiger partial charge in [0.2, 0.25) is 0 Å². The lowest BCUT2D eigenvalue weighted by Gasteiger charge is -2.37. The zero-order valence-corrected chi connectivity index (χ0v) is 13.4. The van der Waals surface area contributed by atoms with Crippen LogP contribution in [0.4, 0.5) is 5.69 Å². The maximum Gasteiger partial charge on any atom is 0.0372 e. The van der Waals surface area contributed by atoms with E-state index < -0.39 is 0 Å². The number of para-hydroxylation sites is 1. The molecule has 0 saturated carbocycles. The Morgan fingerprint density at radius 2 is 2.00 bits per heavy atom. The molecule has 1 heterocycles. The van der Waals surface area contributed by atoms with Gasteiger partial charge in [0.1, 0.15) is 0 Å². The molecule has 1 aliphatic rings. The normalized spacial score (nSPS) is 23.8. The highest BCUT2D eigenvalue weighted by atomic mass is 15.1. The number of rotatable bonds is 6. The highest BCUT2D eigenvalue weighted by Crippen LogP contribution is 2.26. The number of hydrogen-bond donors (Lipinski definition) is 1. The highest BCUT2D eigenvalue weighted by molar-refractivity contribution is 5.51. The summed E-state index contributed by atoms with van der Waals surface area (Å²) in [6.07, 6.45) is 6.60. The van der Waals surface area contributed by atoms with Gasteiger partial charge in [0.15, 0.2) is 0 Å². The molecule has 0 aromatic heterocycles. The number of hydrogen-bond acceptors (Lipinski definition) is 2. The first-order chi connectivity index (χ1) is 9.74. The fraction of sp³-hybridized carbons (Fsp3) is 0.667. The molecule has 2 unspecified atom stereocenters. The van der Waals surface area contributed by atoms with Crippen molar-refractivity contribution in [3.05, 3.63) is 29.8 Å². The summed E-state index contributed by atoms with van der Waals surface area (Å²) in [5, 5.41) is 3.48. The van der Waals surface area contributed by atoms with Gasteiger partial charge in [-0.25, -0.2) is 0 Å². The summed E-state index contributed by atoms with van der Waals surface area (Å²) in [5.74, 6) is 0.922. The van der Waals surface area contributed by atoms with Gasteiger partial charge in [0, 0.05) is 24.8 Å². The van der Waals surface area contributed by atoms with E-state index in [9.17, 15) is 0 Å². The Morgan fingerprint density at radius 3 is 2.70 bits per heavy atom. The topological polar surface area (TPSA) is 15.3 Å². The van der Waals surface area contributed by atoms with Crippen LogP contribution in [0.1, 0.15) is 45.1 Å². The van der Waals surface area contributed by atoms with Crippen molar-refractivity contribution in [2.24, 2.45) is 5.92 Å². The molecule has 2 rings (SSSR count). The smallest absolute Gasteiger partial charge is 0.0372 e. The zero-order chi connectivity index (χ0) is 14.4. The molecule has 1 fully saturated rings. The Labute approximate surface area is 124 Å². The molecule has 1 aromatic rings. The van der Waals surface area contributed by atoms with E-state index in [0.29, 0.717) is 0 Å². The molecule has 2 atom stereocenters. The van der Waals surface area contributed by atoms with Crippen molar-refractivity contribution in [3.63, 3.8) is 0 Å². The maximum atomic E-state index is 3.48. The minimum Gasteiger partial charge on any atom is -0.385 e. The van der Waals surface area contributed by atoms with E-state index in [1.807, 2.05) is 0 Å². The summed E-state index contributed by atoms with van der Waals surface area (Å²) in [6, 6.07) is 9.53. The third-order valence-electron chi connectivity index (χ3n) is 4.79. The van der Waals surface area contributed by atoms with Gasteiger partial charge in [0.05, 0.1) is 0 Å². The van der Waals surface area contributed by atoms with Gasteiger partial charge >= 0.3 is 0 Å². The second-order valence-corrected chi connectivity index (χ2v) is 6.17. The number of nitrogens with zero attached hydrogens (tertiary/aromatic N) is 1. The number of anilines is 1. The molecule has 20 heavy (non-hydrogen) atoms. The molecule has 1 N–H and O–H groups in total. The lowest BCUT2D eigenvalue weighted by Crippen LogP contribution is -2.40. The quantitative estimate of drug-likeness (QED) is 0.837. The molecule has 0 bridgehead atoms. The molecule has 1 saturated heterocycles. The first-order valence-corrected chi connectivity index (χ1v) is 8.26. The third kappa shape index (κ3) is 3.99. The highest BCUT2D eigenvalue weighted by Gasteiger charge is 2.24. The number of likely N-dealkylation sites (tertiary alicyclic amines) is 1. The minimum absolute atomic E-state index is 0.771. The monoisotopic (exact) mass is 274 g/mol. The third-order valence-corrected chi connectivity index (χ3v) is 4.79. The number of nitrogens with one attached hydrogen (secondary N) is 1. The van der Waals surface area contributed by atoms with E-state index >= 15 is 0 Å². The van der Waals surface area contributed by atoms with Crippen LogP contribution in [0.15, 0.2) is 24.3 Å². The first kappa shape index (κ1) is 15.4. The molecule has 1 aliphatic heterocycles. The van der Waals surface area contributed by atoms with Crippen molar-refractivity contribution in [2.75, 3.05) is 25.5 Å². The average Bonchev–Trinajstić information content (AvgIpc) is 2.47. The van der Waals surface area contributed by atoms with E-state index in [1.165, 1.54) is 49.9 Å². The van der Waals surface area contributed by atoms with E-state index in [1.54, 1.807) is 0 Å². The molecule has 2 nitrogen and oxygen atoms in total.